The number of hydrogen-bond donors (Lipinski definition) is 1. The van der Waals surface area contributed by atoms with Crippen LogP contribution in [0, 0.1) is 0 Å². The molecule has 2 aromatic carbocycles. The molecule has 4 heteroatoms. The molecule has 4 nitrogen and oxygen atoms in total. The van der Waals surface area contributed by atoms with E-state index in [1.54, 1.807) is 12.1 Å². The highest BCUT2D eigenvalue weighted by molar-refractivity contribution is 5.85. The number of para-hydroxylation sites is 2. The fraction of sp³-hybridized carbons (Fsp3) is 0.118. The van der Waals surface area contributed by atoms with Crippen molar-refractivity contribution in [2.75, 3.05) is 13.2 Å². The Kier molecular flexibility index (Phi) is 5.41. The predicted octanol–water partition coefficient (Wildman–Crippen LogP) is 3.24. The second-order valence-electron chi connectivity index (χ2n) is 4.22. The van der Waals surface area contributed by atoms with E-state index in [0.29, 0.717) is 19.0 Å². The Balaban J connectivity index is 1.87. The molecule has 108 valence electrons. The maximum Gasteiger partial charge on any atom is 0.328 e. The maximum atomic E-state index is 10.6. The van der Waals surface area contributed by atoms with E-state index in [1.807, 2.05) is 42.5 Å². The zero-order valence-electron chi connectivity index (χ0n) is 11.4. The SMILES string of the molecule is O=C(O)C=Cc1ccccc1OCCOc1ccccc1. The lowest BCUT2D eigenvalue weighted by Crippen LogP contribution is -2.09. The van der Waals surface area contributed by atoms with Crippen molar-refractivity contribution in [1.82, 2.24) is 0 Å². The van der Waals surface area contributed by atoms with Gasteiger partial charge in [0.2, 0.25) is 0 Å². The van der Waals surface area contributed by atoms with Crippen LogP contribution in [0.5, 0.6) is 11.5 Å². The smallest absolute Gasteiger partial charge is 0.328 e. The van der Waals surface area contributed by atoms with Gasteiger partial charge in [0, 0.05) is 11.6 Å². The van der Waals surface area contributed by atoms with Gasteiger partial charge in [-0.2, -0.15) is 0 Å². The summed E-state index contributed by atoms with van der Waals surface area (Å²) in [6.45, 7) is 0.799. The first-order chi connectivity index (χ1) is 10.3. The van der Waals surface area contributed by atoms with Crippen LogP contribution in [0.2, 0.25) is 0 Å². The van der Waals surface area contributed by atoms with Gasteiger partial charge in [0.05, 0.1) is 0 Å². The van der Waals surface area contributed by atoms with E-state index < -0.39 is 5.97 Å². The van der Waals surface area contributed by atoms with Crippen molar-refractivity contribution in [1.29, 1.82) is 0 Å². The van der Waals surface area contributed by atoms with Gasteiger partial charge < -0.3 is 14.6 Å². The first kappa shape index (κ1) is 14.7. The van der Waals surface area contributed by atoms with Crippen LogP contribution in [0.4, 0.5) is 0 Å². The zero-order chi connectivity index (χ0) is 14.9. The number of benzene rings is 2. The van der Waals surface area contributed by atoms with E-state index in [4.69, 9.17) is 14.6 Å². The van der Waals surface area contributed by atoms with Crippen LogP contribution >= 0.6 is 0 Å². The molecule has 0 heterocycles. The molecule has 0 spiro atoms. The van der Waals surface area contributed by atoms with Crippen LogP contribution in [0.1, 0.15) is 5.56 Å². The summed E-state index contributed by atoms with van der Waals surface area (Å²) in [4.78, 5) is 10.6. The van der Waals surface area contributed by atoms with Gasteiger partial charge in [-0.3, -0.25) is 0 Å². The van der Waals surface area contributed by atoms with E-state index in [9.17, 15) is 4.79 Å². The molecule has 0 amide bonds. The molecule has 0 radical (unpaired) electrons. The molecule has 0 fully saturated rings. The number of rotatable bonds is 7. The summed E-state index contributed by atoms with van der Waals surface area (Å²) >= 11 is 0. The normalized spacial score (nSPS) is 10.5. The second-order valence-corrected chi connectivity index (χ2v) is 4.22. The van der Waals surface area contributed by atoms with Crippen molar-refractivity contribution in [3.05, 3.63) is 66.2 Å². The Labute approximate surface area is 123 Å². The number of carboxylic acid groups (broad SMARTS) is 1. The summed E-state index contributed by atoms with van der Waals surface area (Å²) in [5.74, 6) is 0.434. The molecule has 0 bridgehead atoms. The highest BCUT2D eigenvalue weighted by Gasteiger charge is 2.00. The maximum absolute atomic E-state index is 10.6. The third-order valence-electron chi connectivity index (χ3n) is 2.68. The van der Waals surface area contributed by atoms with Crippen LogP contribution in [0.25, 0.3) is 6.08 Å². The molecule has 0 aliphatic rings. The summed E-state index contributed by atoms with van der Waals surface area (Å²) < 4.78 is 11.2. The topological polar surface area (TPSA) is 55.8 Å². The van der Waals surface area contributed by atoms with E-state index >= 15 is 0 Å². The van der Waals surface area contributed by atoms with Crippen LogP contribution < -0.4 is 9.47 Å². The highest BCUT2D eigenvalue weighted by Crippen LogP contribution is 2.19. The molecule has 1 N–H and O–H groups in total. The quantitative estimate of drug-likeness (QED) is 0.626. The minimum atomic E-state index is -0.989. The Morgan fingerprint density at radius 1 is 0.952 bits per heavy atom. The first-order valence-electron chi connectivity index (χ1n) is 6.56. The third kappa shape index (κ3) is 5.03. The Hall–Kier alpha value is -2.75. The fourth-order valence-corrected chi connectivity index (χ4v) is 1.74. The Morgan fingerprint density at radius 2 is 1.62 bits per heavy atom. The van der Waals surface area contributed by atoms with Gasteiger partial charge in [-0.05, 0) is 24.3 Å². The average Bonchev–Trinajstić information content (AvgIpc) is 2.51. The van der Waals surface area contributed by atoms with Gasteiger partial charge in [0.15, 0.2) is 0 Å². The minimum Gasteiger partial charge on any atom is -0.490 e. The molecule has 0 aliphatic carbocycles. The van der Waals surface area contributed by atoms with Crippen molar-refractivity contribution in [2.24, 2.45) is 0 Å². The molecular weight excluding hydrogens is 268 g/mol. The minimum absolute atomic E-state index is 0.382. The molecule has 0 atom stereocenters. The molecule has 0 unspecified atom stereocenters. The van der Waals surface area contributed by atoms with Crippen LogP contribution in [-0.4, -0.2) is 24.3 Å². The standard InChI is InChI=1S/C17H16O4/c18-17(19)11-10-14-6-4-5-9-16(14)21-13-12-20-15-7-2-1-3-8-15/h1-11H,12-13H2,(H,18,19). The van der Waals surface area contributed by atoms with Gasteiger partial charge in [0.1, 0.15) is 24.7 Å². The molecular formula is C17H16O4. The fourth-order valence-electron chi connectivity index (χ4n) is 1.74. The molecule has 0 aromatic heterocycles. The molecule has 2 rings (SSSR count). The van der Waals surface area contributed by atoms with Gasteiger partial charge in [0.25, 0.3) is 0 Å². The van der Waals surface area contributed by atoms with E-state index in [0.717, 1.165) is 17.4 Å². The summed E-state index contributed by atoms with van der Waals surface area (Å²) in [5, 5.41) is 8.66. The van der Waals surface area contributed by atoms with Crippen molar-refractivity contribution < 1.29 is 19.4 Å². The summed E-state index contributed by atoms with van der Waals surface area (Å²) in [6.07, 6.45) is 2.60. The lowest BCUT2D eigenvalue weighted by molar-refractivity contribution is -0.131. The average molecular weight is 284 g/mol. The number of aliphatic carboxylic acids is 1. The highest BCUT2D eigenvalue weighted by atomic mass is 16.5. The molecule has 0 aliphatic heterocycles. The first-order valence-corrected chi connectivity index (χ1v) is 6.56. The summed E-state index contributed by atoms with van der Waals surface area (Å²) in [6, 6.07) is 16.8. The molecule has 2 aromatic rings. The van der Waals surface area contributed by atoms with Crippen molar-refractivity contribution in [2.45, 2.75) is 0 Å². The van der Waals surface area contributed by atoms with Gasteiger partial charge >= 0.3 is 5.97 Å². The Morgan fingerprint density at radius 3 is 2.38 bits per heavy atom. The van der Waals surface area contributed by atoms with Gasteiger partial charge in [-0.25, -0.2) is 4.79 Å². The predicted molar refractivity (Wildman–Crippen MR) is 80.5 cm³/mol. The van der Waals surface area contributed by atoms with E-state index in [-0.39, 0.29) is 0 Å². The van der Waals surface area contributed by atoms with Crippen LogP contribution in [-0.2, 0) is 4.79 Å². The Bertz CT molecular complexity index is 605. The van der Waals surface area contributed by atoms with Crippen LogP contribution in [0.15, 0.2) is 60.7 Å². The number of ether oxygens (including phenoxy) is 2. The zero-order valence-corrected chi connectivity index (χ0v) is 11.4. The molecule has 0 saturated carbocycles. The van der Waals surface area contributed by atoms with Gasteiger partial charge in [-0.15, -0.1) is 0 Å². The molecule has 21 heavy (non-hydrogen) atoms. The number of carbonyl (C=O) groups is 1. The van der Waals surface area contributed by atoms with Crippen molar-refractivity contribution in [3.8, 4) is 11.5 Å². The van der Waals surface area contributed by atoms with Crippen LogP contribution in [0.3, 0.4) is 0 Å². The third-order valence-corrected chi connectivity index (χ3v) is 2.68. The summed E-state index contributed by atoms with van der Waals surface area (Å²) in [5.41, 5.74) is 0.722. The lowest BCUT2D eigenvalue weighted by atomic mass is 10.2. The number of hydrogen-bond acceptors (Lipinski definition) is 3. The number of carboxylic acids is 1. The lowest BCUT2D eigenvalue weighted by Gasteiger charge is -2.10. The van der Waals surface area contributed by atoms with E-state index in [1.165, 1.54) is 6.08 Å². The molecule has 0 saturated heterocycles. The summed E-state index contributed by atoms with van der Waals surface area (Å²) in [7, 11) is 0. The monoisotopic (exact) mass is 284 g/mol. The van der Waals surface area contributed by atoms with E-state index in [2.05, 4.69) is 0 Å². The second kappa shape index (κ2) is 7.75. The van der Waals surface area contributed by atoms with Crippen molar-refractivity contribution >= 4 is 12.0 Å². The van der Waals surface area contributed by atoms with Crippen molar-refractivity contribution in [3.63, 3.8) is 0 Å². The largest absolute Gasteiger partial charge is 0.490 e. The van der Waals surface area contributed by atoms with Gasteiger partial charge in [-0.1, -0.05) is 36.4 Å².